The zero-order valence-electron chi connectivity index (χ0n) is 14.8. The smallest absolute Gasteiger partial charge is 0.333 e. The fourth-order valence-corrected chi connectivity index (χ4v) is 5.00. The van der Waals surface area contributed by atoms with Crippen LogP contribution in [0, 0.1) is 13.8 Å². The van der Waals surface area contributed by atoms with Crippen LogP contribution in [-0.2, 0) is 14.8 Å². The van der Waals surface area contributed by atoms with Crippen molar-refractivity contribution in [2.45, 2.75) is 44.2 Å². The van der Waals surface area contributed by atoms with Crippen molar-refractivity contribution in [2.75, 3.05) is 0 Å². The number of furan rings is 1. The molecule has 26 heavy (non-hydrogen) atoms. The number of benzene rings is 1. The number of hydrogen-bond donors (Lipinski definition) is 1. The van der Waals surface area contributed by atoms with E-state index in [0.29, 0.717) is 17.9 Å². The first-order valence-corrected chi connectivity index (χ1v) is 9.81. The van der Waals surface area contributed by atoms with Gasteiger partial charge in [0.15, 0.2) is 0 Å². The summed E-state index contributed by atoms with van der Waals surface area (Å²) in [5.41, 5.74) is 0.960. The molecule has 0 amide bonds. The molecule has 0 saturated carbocycles. The van der Waals surface area contributed by atoms with Crippen molar-refractivity contribution < 1.29 is 22.7 Å². The van der Waals surface area contributed by atoms with Gasteiger partial charge < -0.3 is 9.52 Å². The molecule has 138 valence electrons. The maximum absolute atomic E-state index is 13.3. The summed E-state index contributed by atoms with van der Waals surface area (Å²) in [5.74, 6) is -0.246. The van der Waals surface area contributed by atoms with Gasteiger partial charge in [0.2, 0.25) is 10.0 Å². The number of aliphatic carboxylic acids is 1. The van der Waals surface area contributed by atoms with Gasteiger partial charge in [-0.25, -0.2) is 13.2 Å². The molecule has 0 bridgehead atoms. The zero-order chi connectivity index (χ0) is 19.1. The van der Waals surface area contributed by atoms with Crippen LogP contribution in [0.5, 0.6) is 0 Å². The third-order valence-electron chi connectivity index (χ3n) is 4.54. The molecule has 1 aromatic heterocycles. The molecule has 2 heterocycles. The van der Waals surface area contributed by atoms with Crippen molar-refractivity contribution in [3.8, 4) is 0 Å². The fraction of sp³-hybridized carbons (Fsp3) is 0.316. The Bertz CT molecular complexity index is 956. The Morgan fingerprint density at radius 3 is 2.31 bits per heavy atom. The van der Waals surface area contributed by atoms with E-state index in [1.54, 1.807) is 43.3 Å². The lowest BCUT2D eigenvalue weighted by Crippen LogP contribution is -2.38. The summed E-state index contributed by atoms with van der Waals surface area (Å²) >= 11 is 0. The van der Waals surface area contributed by atoms with Crippen molar-refractivity contribution in [2.24, 2.45) is 0 Å². The average Bonchev–Trinajstić information content (AvgIpc) is 3.18. The normalized spacial score (nSPS) is 21.0. The molecule has 7 heteroatoms. The number of sulfonamides is 1. The Balaban J connectivity index is 2.15. The third kappa shape index (κ3) is 3.08. The molecule has 6 nitrogen and oxygen atoms in total. The van der Waals surface area contributed by atoms with Gasteiger partial charge in [-0.2, -0.15) is 4.31 Å². The number of carbonyl (C=O) groups is 1. The first-order chi connectivity index (χ1) is 12.3. The summed E-state index contributed by atoms with van der Waals surface area (Å²) in [7, 11) is -3.91. The number of rotatable bonds is 5. The highest BCUT2D eigenvalue weighted by molar-refractivity contribution is 7.89. The van der Waals surface area contributed by atoms with Crippen LogP contribution in [0.1, 0.15) is 36.5 Å². The quantitative estimate of drug-likeness (QED) is 0.865. The summed E-state index contributed by atoms with van der Waals surface area (Å²) in [6, 6.07) is 8.32. The molecule has 2 atom stereocenters. The largest absolute Gasteiger partial charge is 0.478 e. The highest BCUT2D eigenvalue weighted by Gasteiger charge is 2.46. The van der Waals surface area contributed by atoms with Gasteiger partial charge in [0.1, 0.15) is 17.6 Å². The van der Waals surface area contributed by atoms with Crippen molar-refractivity contribution in [1.29, 1.82) is 0 Å². The minimum Gasteiger partial charge on any atom is -0.478 e. The Labute approximate surface area is 152 Å². The van der Waals surface area contributed by atoms with E-state index >= 15 is 0 Å². The standard InChI is InChI=1S/C19H21NO5S/c1-4-14-11-16(19(21)22)18(17-10-7-13(3)25-17)20(14)26(23,24)15-8-5-12(2)6-9-15/h5-11,14,18H,4H2,1-3H3,(H,21,22)/t14-,18-/m0/s1. The van der Waals surface area contributed by atoms with Crippen LogP contribution in [0.4, 0.5) is 0 Å². The van der Waals surface area contributed by atoms with Gasteiger partial charge in [0.05, 0.1) is 10.5 Å². The lowest BCUT2D eigenvalue weighted by Gasteiger charge is -2.29. The van der Waals surface area contributed by atoms with E-state index in [-0.39, 0.29) is 10.5 Å². The lowest BCUT2D eigenvalue weighted by atomic mass is 10.1. The Kier molecular flexibility index (Phi) is 4.77. The second-order valence-electron chi connectivity index (χ2n) is 6.40. The van der Waals surface area contributed by atoms with Gasteiger partial charge in [-0.05, 0) is 44.5 Å². The molecule has 0 fully saturated rings. The maximum Gasteiger partial charge on any atom is 0.333 e. The van der Waals surface area contributed by atoms with Crippen molar-refractivity contribution in [1.82, 2.24) is 4.31 Å². The summed E-state index contributed by atoms with van der Waals surface area (Å²) in [6.07, 6.45) is 1.97. The Morgan fingerprint density at radius 2 is 1.81 bits per heavy atom. The second kappa shape index (κ2) is 6.74. The molecule has 1 aliphatic rings. The second-order valence-corrected chi connectivity index (χ2v) is 8.24. The Hall–Kier alpha value is -2.38. The van der Waals surface area contributed by atoms with E-state index in [9.17, 15) is 18.3 Å². The maximum atomic E-state index is 13.3. The molecule has 1 aromatic carbocycles. The first-order valence-electron chi connectivity index (χ1n) is 8.37. The van der Waals surface area contributed by atoms with Gasteiger partial charge in [-0.15, -0.1) is 0 Å². The molecular weight excluding hydrogens is 354 g/mol. The number of nitrogens with zero attached hydrogens (tertiary/aromatic N) is 1. The van der Waals surface area contributed by atoms with Crippen molar-refractivity contribution >= 4 is 16.0 Å². The number of aryl methyl sites for hydroxylation is 2. The highest BCUT2D eigenvalue weighted by atomic mass is 32.2. The molecule has 0 aliphatic carbocycles. The van der Waals surface area contributed by atoms with Gasteiger partial charge in [0, 0.05) is 6.04 Å². The average molecular weight is 375 g/mol. The van der Waals surface area contributed by atoms with Gasteiger partial charge in [0.25, 0.3) is 0 Å². The predicted molar refractivity (Wildman–Crippen MR) is 96.2 cm³/mol. The van der Waals surface area contributed by atoms with E-state index in [0.717, 1.165) is 5.56 Å². The van der Waals surface area contributed by atoms with E-state index in [4.69, 9.17) is 4.42 Å². The summed E-state index contributed by atoms with van der Waals surface area (Å²) in [5, 5.41) is 9.62. The van der Waals surface area contributed by atoms with Crippen LogP contribution < -0.4 is 0 Å². The number of carboxylic acids is 1. The molecule has 0 unspecified atom stereocenters. The number of carboxylic acid groups (broad SMARTS) is 1. The Morgan fingerprint density at radius 1 is 1.15 bits per heavy atom. The third-order valence-corrected chi connectivity index (χ3v) is 6.44. The van der Waals surface area contributed by atoms with Crippen molar-refractivity contribution in [3.63, 3.8) is 0 Å². The molecule has 0 radical (unpaired) electrons. The first kappa shape index (κ1) is 18.4. The molecule has 2 aromatic rings. The predicted octanol–water partition coefficient (Wildman–Crippen LogP) is 3.43. The molecular formula is C19H21NO5S. The van der Waals surface area contributed by atoms with E-state index in [1.165, 1.54) is 10.4 Å². The van der Waals surface area contributed by atoms with Crippen LogP contribution >= 0.6 is 0 Å². The van der Waals surface area contributed by atoms with Gasteiger partial charge >= 0.3 is 5.97 Å². The van der Waals surface area contributed by atoms with Crippen LogP contribution in [0.3, 0.4) is 0 Å². The minimum atomic E-state index is -3.91. The van der Waals surface area contributed by atoms with E-state index < -0.39 is 28.1 Å². The summed E-state index contributed by atoms with van der Waals surface area (Å²) in [4.78, 5) is 11.9. The summed E-state index contributed by atoms with van der Waals surface area (Å²) < 4.78 is 33.5. The van der Waals surface area contributed by atoms with Gasteiger partial charge in [-0.1, -0.05) is 30.7 Å². The zero-order valence-corrected chi connectivity index (χ0v) is 15.7. The van der Waals surface area contributed by atoms with Gasteiger partial charge in [-0.3, -0.25) is 0 Å². The molecule has 1 N–H and O–H groups in total. The van der Waals surface area contributed by atoms with Crippen molar-refractivity contribution in [3.05, 3.63) is 65.1 Å². The topological polar surface area (TPSA) is 87.8 Å². The lowest BCUT2D eigenvalue weighted by molar-refractivity contribution is -0.133. The number of hydrogen-bond acceptors (Lipinski definition) is 4. The summed E-state index contributed by atoms with van der Waals surface area (Å²) in [6.45, 7) is 5.44. The fourth-order valence-electron chi connectivity index (χ4n) is 3.21. The van der Waals surface area contributed by atoms with Crippen LogP contribution in [0.2, 0.25) is 0 Å². The van der Waals surface area contributed by atoms with Crippen LogP contribution in [-0.4, -0.2) is 29.8 Å². The molecule has 1 aliphatic heterocycles. The minimum absolute atomic E-state index is 0.0156. The van der Waals surface area contributed by atoms with E-state index in [2.05, 4.69) is 0 Å². The van der Waals surface area contributed by atoms with Crippen LogP contribution in [0.15, 0.2) is 57.4 Å². The molecule has 0 saturated heterocycles. The highest BCUT2D eigenvalue weighted by Crippen LogP contribution is 2.42. The van der Waals surface area contributed by atoms with E-state index in [1.807, 2.05) is 13.8 Å². The SMILES string of the molecule is CC[C@H]1C=C(C(=O)O)[C@@H](c2ccc(C)o2)N1S(=O)(=O)c1ccc(C)cc1. The monoisotopic (exact) mass is 375 g/mol. The van der Waals surface area contributed by atoms with Crippen LogP contribution in [0.25, 0.3) is 0 Å². The molecule has 0 spiro atoms. The molecule has 3 rings (SSSR count).